The van der Waals surface area contributed by atoms with Crippen LogP contribution in [0.3, 0.4) is 0 Å². The van der Waals surface area contributed by atoms with Crippen LogP contribution < -0.4 is 0 Å². The number of ether oxygens (including phenoxy) is 2. The van der Waals surface area contributed by atoms with Gasteiger partial charge < -0.3 is 9.47 Å². The van der Waals surface area contributed by atoms with E-state index in [1.54, 1.807) is 18.2 Å². The second-order valence-electron chi connectivity index (χ2n) is 3.94. The highest BCUT2D eigenvalue weighted by Gasteiger charge is 2.12. The van der Waals surface area contributed by atoms with Crippen molar-refractivity contribution in [3.8, 4) is 0 Å². The Labute approximate surface area is 128 Å². The van der Waals surface area contributed by atoms with Gasteiger partial charge in [0.15, 0.2) is 0 Å². The van der Waals surface area contributed by atoms with Gasteiger partial charge in [-0.05, 0) is 31.0 Å². The van der Waals surface area contributed by atoms with Crippen LogP contribution in [0.15, 0.2) is 24.3 Å². The van der Waals surface area contributed by atoms with Gasteiger partial charge in [0.25, 0.3) is 0 Å². The molecular weight excluding hydrogens is 303 g/mol. The number of rotatable bonds is 8. The van der Waals surface area contributed by atoms with Gasteiger partial charge in [0.2, 0.25) is 0 Å². The summed E-state index contributed by atoms with van der Waals surface area (Å²) in [6.45, 7) is 0.513. The van der Waals surface area contributed by atoms with Gasteiger partial charge in [0.1, 0.15) is 0 Å². The summed E-state index contributed by atoms with van der Waals surface area (Å²) in [6.07, 6.45) is 1.18. The fourth-order valence-corrected chi connectivity index (χ4v) is 1.60. The Hall–Kier alpha value is -1.26. The van der Waals surface area contributed by atoms with Gasteiger partial charge in [-0.2, -0.15) is 0 Å². The third-order valence-electron chi connectivity index (χ3n) is 2.36. The number of carbonyl (C=O) groups is 2. The Kier molecular flexibility index (Phi) is 8.07. The molecule has 0 aliphatic rings. The van der Waals surface area contributed by atoms with E-state index >= 15 is 0 Å². The standard InChI is InChI=1S/C14H16Cl2O4/c15-6-2-8-19-13(17)11-4-1-5-12(10-11)14(18)20-9-3-7-16/h1,4-5,10H,2-3,6-9H2. The molecule has 20 heavy (non-hydrogen) atoms. The van der Waals surface area contributed by atoms with Crippen LogP contribution in [0.5, 0.6) is 0 Å². The summed E-state index contributed by atoms with van der Waals surface area (Å²) in [6, 6.07) is 6.22. The summed E-state index contributed by atoms with van der Waals surface area (Å²) in [5, 5.41) is 0. The lowest BCUT2D eigenvalue weighted by Gasteiger charge is -2.06. The molecule has 0 atom stereocenters. The molecule has 0 saturated heterocycles. The lowest BCUT2D eigenvalue weighted by Crippen LogP contribution is -2.10. The van der Waals surface area contributed by atoms with Crippen molar-refractivity contribution in [1.29, 1.82) is 0 Å². The minimum absolute atomic E-state index is 0.257. The molecule has 6 heteroatoms. The first-order chi connectivity index (χ1) is 9.69. The summed E-state index contributed by atoms with van der Waals surface area (Å²) < 4.78 is 10.0. The van der Waals surface area contributed by atoms with Gasteiger partial charge in [0, 0.05) is 11.8 Å². The van der Waals surface area contributed by atoms with Crippen molar-refractivity contribution in [1.82, 2.24) is 0 Å². The van der Waals surface area contributed by atoms with Crippen LogP contribution in [0.2, 0.25) is 0 Å². The van der Waals surface area contributed by atoms with Crippen molar-refractivity contribution in [3.05, 3.63) is 35.4 Å². The van der Waals surface area contributed by atoms with Crippen molar-refractivity contribution in [2.24, 2.45) is 0 Å². The molecule has 0 radical (unpaired) electrons. The number of alkyl halides is 2. The Bertz CT molecular complexity index is 411. The molecule has 0 heterocycles. The van der Waals surface area contributed by atoms with Gasteiger partial charge in [-0.1, -0.05) is 6.07 Å². The zero-order valence-electron chi connectivity index (χ0n) is 10.9. The summed E-state index contributed by atoms with van der Waals surface area (Å²) in [5.41, 5.74) is 0.623. The quantitative estimate of drug-likeness (QED) is 0.419. The molecule has 1 rings (SSSR count). The summed E-state index contributed by atoms with van der Waals surface area (Å²) >= 11 is 11.0. The van der Waals surface area contributed by atoms with Crippen molar-refractivity contribution >= 4 is 35.1 Å². The molecule has 1 aromatic rings. The molecule has 0 fully saturated rings. The van der Waals surface area contributed by atoms with Crippen LogP contribution >= 0.6 is 23.2 Å². The molecule has 0 N–H and O–H groups in total. The molecule has 1 aromatic carbocycles. The van der Waals surface area contributed by atoms with Gasteiger partial charge in [-0.25, -0.2) is 9.59 Å². The van der Waals surface area contributed by atoms with Crippen LogP contribution in [-0.2, 0) is 9.47 Å². The molecular formula is C14H16Cl2O4. The van der Waals surface area contributed by atoms with Crippen LogP contribution in [-0.4, -0.2) is 36.9 Å². The number of benzene rings is 1. The Morgan fingerprint density at radius 1 is 0.900 bits per heavy atom. The minimum atomic E-state index is -0.481. The molecule has 0 aliphatic heterocycles. The predicted molar refractivity (Wildman–Crippen MR) is 77.7 cm³/mol. The smallest absolute Gasteiger partial charge is 0.338 e. The third kappa shape index (κ3) is 5.80. The molecule has 0 aromatic heterocycles. The van der Waals surface area contributed by atoms with Gasteiger partial charge in [0.05, 0.1) is 24.3 Å². The van der Waals surface area contributed by atoms with Crippen molar-refractivity contribution in [3.63, 3.8) is 0 Å². The number of carbonyl (C=O) groups excluding carboxylic acids is 2. The topological polar surface area (TPSA) is 52.6 Å². The molecule has 0 spiro atoms. The van der Waals surface area contributed by atoms with E-state index < -0.39 is 11.9 Å². The Balaban J connectivity index is 2.60. The van der Waals surface area contributed by atoms with Crippen LogP contribution in [0.25, 0.3) is 0 Å². The van der Waals surface area contributed by atoms with E-state index in [0.717, 1.165) is 0 Å². The molecule has 0 aliphatic carbocycles. The number of esters is 2. The lowest BCUT2D eigenvalue weighted by atomic mass is 10.1. The zero-order valence-corrected chi connectivity index (χ0v) is 12.5. The van der Waals surface area contributed by atoms with Crippen LogP contribution in [0.4, 0.5) is 0 Å². The largest absolute Gasteiger partial charge is 0.462 e. The van der Waals surface area contributed by atoms with Gasteiger partial charge in [-0.15, -0.1) is 23.2 Å². The van der Waals surface area contributed by atoms with Gasteiger partial charge >= 0.3 is 11.9 Å². The first kappa shape index (κ1) is 16.8. The highest BCUT2D eigenvalue weighted by atomic mass is 35.5. The highest BCUT2D eigenvalue weighted by molar-refractivity contribution is 6.18. The minimum Gasteiger partial charge on any atom is -0.462 e. The monoisotopic (exact) mass is 318 g/mol. The molecule has 0 amide bonds. The molecule has 110 valence electrons. The van der Waals surface area contributed by atoms with Crippen molar-refractivity contribution < 1.29 is 19.1 Å². The fraction of sp³-hybridized carbons (Fsp3) is 0.429. The number of hydrogen-bond acceptors (Lipinski definition) is 4. The maximum atomic E-state index is 11.7. The number of halogens is 2. The van der Waals surface area contributed by atoms with Gasteiger partial charge in [-0.3, -0.25) is 0 Å². The van der Waals surface area contributed by atoms with E-state index in [0.29, 0.717) is 35.7 Å². The normalized spacial score (nSPS) is 10.1. The van der Waals surface area contributed by atoms with Crippen LogP contribution in [0, 0.1) is 0 Å². The van der Waals surface area contributed by atoms with Crippen molar-refractivity contribution in [2.45, 2.75) is 12.8 Å². The Morgan fingerprint density at radius 3 is 1.75 bits per heavy atom. The number of hydrogen-bond donors (Lipinski definition) is 0. The summed E-state index contributed by atoms with van der Waals surface area (Å²) in [4.78, 5) is 23.4. The first-order valence-corrected chi connectivity index (χ1v) is 7.32. The predicted octanol–water partition coefficient (Wildman–Crippen LogP) is 3.26. The maximum Gasteiger partial charge on any atom is 0.338 e. The van der Waals surface area contributed by atoms with E-state index in [1.807, 2.05) is 0 Å². The molecule has 0 saturated carbocycles. The lowest BCUT2D eigenvalue weighted by molar-refractivity contribution is 0.0504. The van der Waals surface area contributed by atoms with E-state index in [9.17, 15) is 9.59 Å². The average Bonchev–Trinajstić information content (AvgIpc) is 2.47. The van der Waals surface area contributed by atoms with E-state index in [1.165, 1.54) is 6.07 Å². The van der Waals surface area contributed by atoms with Crippen LogP contribution in [0.1, 0.15) is 33.6 Å². The second-order valence-corrected chi connectivity index (χ2v) is 4.69. The zero-order chi connectivity index (χ0) is 14.8. The van der Waals surface area contributed by atoms with E-state index in [4.69, 9.17) is 32.7 Å². The van der Waals surface area contributed by atoms with E-state index in [-0.39, 0.29) is 13.2 Å². The molecule has 0 bridgehead atoms. The van der Waals surface area contributed by atoms with Crippen molar-refractivity contribution in [2.75, 3.05) is 25.0 Å². The molecule has 0 unspecified atom stereocenters. The summed E-state index contributed by atoms with van der Waals surface area (Å²) in [5.74, 6) is -0.100. The maximum absolute atomic E-state index is 11.7. The second kappa shape index (κ2) is 9.61. The SMILES string of the molecule is O=C(OCCCCl)c1cccc(C(=O)OCCCCl)c1. The third-order valence-corrected chi connectivity index (χ3v) is 2.89. The molecule has 4 nitrogen and oxygen atoms in total. The fourth-order valence-electron chi connectivity index (χ4n) is 1.38. The highest BCUT2D eigenvalue weighted by Crippen LogP contribution is 2.09. The van der Waals surface area contributed by atoms with E-state index in [2.05, 4.69) is 0 Å². The summed E-state index contributed by atoms with van der Waals surface area (Å²) in [7, 11) is 0. The average molecular weight is 319 g/mol. The Morgan fingerprint density at radius 2 is 1.35 bits per heavy atom. The first-order valence-electron chi connectivity index (χ1n) is 6.25.